The second kappa shape index (κ2) is 7.21. The van der Waals surface area contributed by atoms with Crippen molar-refractivity contribution in [1.29, 1.82) is 0 Å². The molecule has 26 heavy (non-hydrogen) atoms. The fourth-order valence-corrected chi connectivity index (χ4v) is 3.43. The van der Waals surface area contributed by atoms with Crippen LogP contribution in [0.5, 0.6) is 5.75 Å². The van der Waals surface area contributed by atoms with Gasteiger partial charge in [-0.25, -0.2) is 4.39 Å². The summed E-state index contributed by atoms with van der Waals surface area (Å²) in [7, 11) is 0. The molecule has 1 aromatic carbocycles. The minimum Gasteiger partial charge on any atom is -0.487 e. The predicted octanol–water partition coefficient (Wildman–Crippen LogP) is 3.93. The van der Waals surface area contributed by atoms with Crippen LogP contribution in [0.3, 0.4) is 0 Å². The number of rotatable bonds is 5. The van der Waals surface area contributed by atoms with E-state index in [0.29, 0.717) is 27.8 Å². The Morgan fingerprint density at radius 2 is 2.12 bits per heavy atom. The van der Waals surface area contributed by atoms with E-state index in [1.807, 2.05) is 0 Å². The molecule has 2 aromatic heterocycles. The molecule has 3 N–H and O–H groups in total. The van der Waals surface area contributed by atoms with Gasteiger partial charge in [-0.15, -0.1) is 0 Å². The summed E-state index contributed by atoms with van der Waals surface area (Å²) in [5.74, 6) is -0.387. The minimum absolute atomic E-state index is 0.0601. The molecule has 0 unspecified atom stereocenters. The molecule has 2 heterocycles. The first kappa shape index (κ1) is 18.6. The number of aromatic amines is 1. The Morgan fingerprint density at radius 1 is 1.38 bits per heavy atom. The van der Waals surface area contributed by atoms with E-state index in [-0.39, 0.29) is 28.9 Å². The zero-order valence-electron chi connectivity index (χ0n) is 14.9. The number of fused-ring (bicyclic) bond motifs is 3. The van der Waals surface area contributed by atoms with Crippen LogP contribution in [0.2, 0.25) is 5.02 Å². The summed E-state index contributed by atoms with van der Waals surface area (Å²) in [6.45, 7) is 5.97. The van der Waals surface area contributed by atoms with Crippen LogP contribution in [0, 0.1) is 18.7 Å². The van der Waals surface area contributed by atoms with Crippen molar-refractivity contribution in [3.8, 4) is 5.75 Å². The summed E-state index contributed by atoms with van der Waals surface area (Å²) in [5, 5.41) is 1.66. The van der Waals surface area contributed by atoms with E-state index in [1.165, 1.54) is 0 Å². The topological polar surface area (TPSA) is 81.0 Å². The Hall–Kier alpha value is -2.18. The normalized spacial score (nSPS) is 12.9. The van der Waals surface area contributed by atoms with E-state index < -0.39 is 11.4 Å². The molecule has 0 aliphatic carbocycles. The standard InChI is InChI=1S/C19H21ClFN3O2/c1-9(2)6-11(22)8-26-18-14(20)7-13-12-4-5-23-10(3)15(12)19(25)24-17(13)16(18)21/h4-5,7,9,11H,6,8,22H2,1-3H3,(H,24,25)/t11-/m0/s1. The third kappa shape index (κ3) is 3.39. The maximum atomic E-state index is 15.0. The van der Waals surface area contributed by atoms with Crippen molar-refractivity contribution in [2.45, 2.75) is 33.2 Å². The molecule has 0 radical (unpaired) electrons. The molecule has 0 fully saturated rings. The maximum absolute atomic E-state index is 15.0. The fourth-order valence-electron chi connectivity index (χ4n) is 3.19. The molecule has 3 aromatic rings. The first-order valence-corrected chi connectivity index (χ1v) is 8.85. The SMILES string of the molecule is Cc1nccc2c1c(=O)[nH]c1c(F)c(OC[C@@H](N)CC(C)C)c(Cl)cc12. The number of pyridine rings is 2. The number of benzene rings is 1. The zero-order valence-corrected chi connectivity index (χ0v) is 15.7. The number of H-pyrrole nitrogens is 1. The molecule has 1 atom stereocenters. The number of ether oxygens (including phenoxy) is 1. The Bertz CT molecular complexity index is 1030. The van der Waals surface area contributed by atoms with E-state index in [1.54, 1.807) is 25.3 Å². The summed E-state index contributed by atoms with van der Waals surface area (Å²) in [6, 6.07) is 3.04. The van der Waals surface area contributed by atoms with Gasteiger partial charge in [0.15, 0.2) is 11.6 Å². The molecule has 0 aliphatic rings. The van der Waals surface area contributed by atoms with Crippen molar-refractivity contribution in [1.82, 2.24) is 9.97 Å². The van der Waals surface area contributed by atoms with Crippen LogP contribution in [0.4, 0.5) is 4.39 Å². The number of halogens is 2. The number of aryl methyl sites for hydroxylation is 1. The highest BCUT2D eigenvalue weighted by atomic mass is 35.5. The van der Waals surface area contributed by atoms with E-state index in [2.05, 4.69) is 23.8 Å². The molecule has 7 heteroatoms. The molecule has 138 valence electrons. The summed E-state index contributed by atoms with van der Waals surface area (Å²) >= 11 is 6.26. The summed E-state index contributed by atoms with van der Waals surface area (Å²) in [5.41, 5.74) is 6.23. The number of nitrogens with two attached hydrogens (primary N) is 1. The second-order valence-corrected chi connectivity index (χ2v) is 7.30. The number of nitrogens with zero attached hydrogens (tertiary/aromatic N) is 1. The van der Waals surface area contributed by atoms with Gasteiger partial charge in [-0.05, 0) is 31.4 Å². The van der Waals surface area contributed by atoms with Gasteiger partial charge in [-0.2, -0.15) is 0 Å². The summed E-state index contributed by atoms with van der Waals surface area (Å²) in [4.78, 5) is 19.1. The van der Waals surface area contributed by atoms with Crippen LogP contribution in [0.25, 0.3) is 21.7 Å². The van der Waals surface area contributed by atoms with E-state index in [4.69, 9.17) is 22.1 Å². The van der Waals surface area contributed by atoms with Gasteiger partial charge >= 0.3 is 0 Å². The Balaban J connectivity index is 2.11. The van der Waals surface area contributed by atoms with Gasteiger partial charge in [-0.1, -0.05) is 25.4 Å². The molecule has 0 aliphatic heterocycles. The number of hydrogen-bond donors (Lipinski definition) is 2. The smallest absolute Gasteiger partial charge is 0.258 e. The highest BCUT2D eigenvalue weighted by Gasteiger charge is 2.19. The third-order valence-electron chi connectivity index (χ3n) is 4.29. The second-order valence-electron chi connectivity index (χ2n) is 6.90. The van der Waals surface area contributed by atoms with Gasteiger partial charge in [0.2, 0.25) is 0 Å². The lowest BCUT2D eigenvalue weighted by Gasteiger charge is -2.17. The van der Waals surface area contributed by atoms with E-state index in [0.717, 1.165) is 6.42 Å². The van der Waals surface area contributed by atoms with Crippen LogP contribution in [0.15, 0.2) is 23.1 Å². The number of nitrogens with one attached hydrogen (secondary N) is 1. The highest BCUT2D eigenvalue weighted by molar-refractivity contribution is 6.33. The Kier molecular flexibility index (Phi) is 5.16. The van der Waals surface area contributed by atoms with Gasteiger partial charge in [0, 0.05) is 23.0 Å². The molecule has 0 spiro atoms. The van der Waals surface area contributed by atoms with Crippen LogP contribution < -0.4 is 16.0 Å². The highest BCUT2D eigenvalue weighted by Crippen LogP contribution is 2.35. The molecule has 5 nitrogen and oxygen atoms in total. The van der Waals surface area contributed by atoms with Crippen molar-refractivity contribution in [2.24, 2.45) is 11.7 Å². The van der Waals surface area contributed by atoms with E-state index >= 15 is 4.39 Å². The molecule has 0 bridgehead atoms. The summed E-state index contributed by atoms with van der Waals surface area (Å²) in [6.07, 6.45) is 2.33. The molecular weight excluding hydrogens is 357 g/mol. The van der Waals surface area contributed by atoms with Crippen molar-refractivity contribution >= 4 is 33.3 Å². The zero-order chi connectivity index (χ0) is 19.0. The van der Waals surface area contributed by atoms with Crippen LogP contribution in [-0.4, -0.2) is 22.6 Å². The molecule has 0 saturated carbocycles. The van der Waals surface area contributed by atoms with Crippen LogP contribution >= 0.6 is 11.6 Å². The van der Waals surface area contributed by atoms with Crippen LogP contribution in [0.1, 0.15) is 26.0 Å². The maximum Gasteiger partial charge on any atom is 0.258 e. The quantitative estimate of drug-likeness (QED) is 0.660. The first-order chi connectivity index (χ1) is 12.3. The van der Waals surface area contributed by atoms with Gasteiger partial charge in [0.1, 0.15) is 6.61 Å². The molecule has 3 rings (SSSR count). The van der Waals surface area contributed by atoms with Crippen LogP contribution in [-0.2, 0) is 0 Å². The molecule has 0 saturated heterocycles. The predicted molar refractivity (Wildman–Crippen MR) is 103 cm³/mol. The average molecular weight is 378 g/mol. The third-order valence-corrected chi connectivity index (χ3v) is 4.57. The number of hydrogen-bond acceptors (Lipinski definition) is 4. The van der Waals surface area contributed by atoms with Crippen molar-refractivity contribution in [3.63, 3.8) is 0 Å². The van der Waals surface area contributed by atoms with Crippen molar-refractivity contribution in [3.05, 3.63) is 45.2 Å². The largest absolute Gasteiger partial charge is 0.487 e. The van der Waals surface area contributed by atoms with Gasteiger partial charge < -0.3 is 15.5 Å². The van der Waals surface area contributed by atoms with Crippen molar-refractivity contribution in [2.75, 3.05) is 6.61 Å². The average Bonchev–Trinajstić information content (AvgIpc) is 2.55. The Morgan fingerprint density at radius 3 is 2.81 bits per heavy atom. The lowest BCUT2D eigenvalue weighted by Crippen LogP contribution is -2.29. The lowest BCUT2D eigenvalue weighted by atomic mass is 10.1. The minimum atomic E-state index is -0.697. The Labute approximate surface area is 155 Å². The van der Waals surface area contributed by atoms with Gasteiger partial charge in [0.05, 0.1) is 21.6 Å². The first-order valence-electron chi connectivity index (χ1n) is 8.47. The monoisotopic (exact) mass is 377 g/mol. The number of aromatic nitrogens is 2. The van der Waals surface area contributed by atoms with Gasteiger partial charge in [0.25, 0.3) is 5.56 Å². The lowest BCUT2D eigenvalue weighted by molar-refractivity contribution is 0.261. The fraction of sp³-hybridized carbons (Fsp3) is 0.368. The molecular formula is C19H21ClFN3O2. The summed E-state index contributed by atoms with van der Waals surface area (Å²) < 4.78 is 20.6. The molecule has 0 amide bonds. The van der Waals surface area contributed by atoms with Crippen molar-refractivity contribution < 1.29 is 9.13 Å². The van der Waals surface area contributed by atoms with E-state index in [9.17, 15) is 4.79 Å². The van der Waals surface area contributed by atoms with Gasteiger partial charge in [-0.3, -0.25) is 9.78 Å².